The Balaban J connectivity index is 1.95. The van der Waals surface area contributed by atoms with E-state index < -0.39 is 0 Å². The largest absolute Gasteiger partial charge is 0.496 e. The van der Waals surface area contributed by atoms with Gasteiger partial charge in [0, 0.05) is 11.4 Å². The van der Waals surface area contributed by atoms with Crippen molar-refractivity contribution in [1.29, 1.82) is 0 Å². The van der Waals surface area contributed by atoms with Crippen LogP contribution < -0.4 is 10.1 Å². The Hall–Kier alpha value is -5.15. The van der Waals surface area contributed by atoms with Crippen LogP contribution in [-0.4, -0.2) is 19.1 Å². The highest BCUT2D eigenvalue weighted by Gasteiger charge is 2.28. The van der Waals surface area contributed by atoms with E-state index in [1.54, 1.807) is 7.11 Å². The van der Waals surface area contributed by atoms with Gasteiger partial charge in [0.1, 0.15) is 5.75 Å². The van der Waals surface area contributed by atoms with Crippen molar-refractivity contribution in [1.82, 2.24) is 5.32 Å². The number of amides is 1. The molecule has 0 saturated carbocycles. The minimum Gasteiger partial charge on any atom is -0.496 e. The fourth-order valence-electron chi connectivity index (χ4n) is 5.88. The van der Waals surface area contributed by atoms with Crippen LogP contribution in [0, 0.1) is 0 Å². The zero-order chi connectivity index (χ0) is 29.1. The quantitative estimate of drug-likeness (QED) is 0.216. The maximum absolute atomic E-state index is 14.1. The second-order valence-electron chi connectivity index (χ2n) is 10.7. The molecule has 42 heavy (non-hydrogen) atoms. The lowest BCUT2D eigenvalue weighted by molar-refractivity contribution is 0.0942. The first-order chi connectivity index (χ1) is 20.6. The van der Waals surface area contributed by atoms with Gasteiger partial charge in [0.25, 0.3) is 5.91 Å². The molecule has 0 heterocycles. The Morgan fingerprint density at radius 1 is 0.548 bits per heavy atom. The molecule has 0 spiro atoms. The maximum Gasteiger partial charge on any atom is 0.255 e. The monoisotopic (exact) mass is 547 g/mol. The highest BCUT2D eigenvalue weighted by molar-refractivity contribution is 6.24. The number of hydrogen-bond acceptors (Lipinski definition) is 2. The standard InChI is InChI=1S/C39H33NO2/c1-26(2)40-39(41)38-32(42-3)25-24-31-33(27-16-8-4-9-17-27)34(28-18-10-5-11-19-28)35(29-20-12-6-13-21-29)36(37(31)38)30-22-14-7-15-23-30/h4-26H,1-3H3,(H,40,41). The molecular weight excluding hydrogens is 514 g/mol. The van der Waals surface area contributed by atoms with E-state index in [0.29, 0.717) is 11.3 Å². The summed E-state index contributed by atoms with van der Waals surface area (Å²) in [5.41, 5.74) is 9.12. The molecule has 0 aliphatic rings. The second kappa shape index (κ2) is 11.8. The van der Waals surface area contributed by atoms with Crippen LogP contribution in [-0.2, 0) is 0 Å². The first-order valence-corrected chi connectivity index (χ1v) is 14.3. The third-order valence-corrected chi connectivity index (χ3v) is 7.55. The van der Waals surface area contributed by atoms with E-state index >= 15 is 0 Å². The summed E-state index contributed by atoms with van der Waals surface area (Å²) in [6.07, 6.45) is 0. The number of carbonyl (C=O) groups is 1. The first-order valence-electron chi connectivity index (χ1n) is 14.3. The lowest BCUT2D eigenvalue weighted by atomic mass is 9.77. The van der Waals surface area contributed by atoms with Crippen LogP contribution in [0.25, 0.3) is 55.3 Å². The Labute approximate surface area is 247 Å². The molecule has 0 aromatic heterocycles. The average molecular weight is 548 g/mol. The van der Waals surface area contributed by atoms with Gasteiger partial charge in [0.15, 0.2) is 0 Å². The summed E-state index contributed by atoms with van der Waals surface area (Å²) in [7, 11) is 1.63. The molecule has 3 nitrogen and oxygen atoms in total. The smallest absolute Gasteiger partial charge is 0.255 e. The molecule has 0 aliphatic heterocycles. The summed E-state index contributed by atoms with van der Waals surface area (Å²) in [6.45, 7) is 3.96. The van der Waals surface area contributed by atoms with E-state index in [4.69, 9.17) is 4.74 Å². The highest BCUT2D eigenvalue weighted by atomic mass is 16.5. The number of carbonyl (C=O) groups excluding carboxylic acids is 1. The molecule has 0 fully saturated rings. The van der Waals surface area contributed by atoms with Crippen LogP contribution in [0.3, 0.4) is 0 Å². The highest BCUT2D eigenvalue weighted by Crippen LogP contribution is 2.52. The maximum atomic E-state index is 14.1. The molecule has 206 valence electrons. The summed E-state index contributed by atoms with van der Waals surface area (Å²) >= 11 is 0. The molecule has 0 unspecified atom stereocenters. The van der Waals surface area contributed by atoms with Crippen molar-refractivity contribution in [3.63, 3.8) is 0 Å². The van der Waals surface area contributed by atoms with Crippen molar-refractivity contribution in [2.24, 2.45) is 0 Å². The van der Waals surface area contributed by atoms with Crippen molar-refractivity contribution in [3.05, 3.63) is 139 Å². The predicted molar refractivity (Wildman–Crippen MR) is 175 cm³/mol. The predicted octanol–water partition coefficient (Wildman–Crippen LogP) is 9.65. The Kier molecular flexibility index (Phi) is 7.57. The SMILES string of the molecule is COc1ccc2c(-c3ccccc3)c(-c3ccccc3)c(-c3ccccc3)c(-c3ccccc3)c2c1C(=O)NC(C)C. The van der Waals surface area contributed by atoms with E-state index in [1.165, 1.54) is 0 Å². The molecule has 6 aromatic rings. The van der Waals surface area contributed by atoms with Gasteiger partial charge in [0.2, 0.25) is 0 Å². The Bertz CT molecular complexity index is 1850. The zero-order valence-electron chi connectivity index (χ0n) is 24.1. The minimum atomic E-state index is -0.157. The van der Waals surface area contributed by atoms with Gasteiger partial charge in [-0.3, -0.25) is 4.79 Å². The van der Waals surface area contributed by atoms with E-state index in [1.807, 2.05) is 44.2 Å². The van der Waals surface area contributed by atoms with Gasteiger partial charge in [-0.1, -0.05) is 121 Å². The van der Waals surface area contributed by atoms with Crippen LogP contribution in [0.15, 0.2) is 133 Å². The topological polar surface area (TPSA) is 38.3 Å². The van der Waals surface area contributed by atoms with E-state index in [0.717, 1.165) is 55.3 Å². The van der Waals surface area contributed by atoms with E-state index in [-0.39, 0.29) is 11.9 Å². The third kappa shape index (κ3) is 4.95. The van der Waals surface area contributed by atoms with Crippen LogP contribution in [0.4, 0.5) is 0 Å². The van der Waals surface area contributed by atoms with Crippen LogP contribution in [0.2, 0.25) is 0 Å². The number of nitrogens with one attached hydrogen (secondary N) is 1. The summed E-state index contributed by atoms with van der Waals surface area (Å²) in [5, 5.41) is 5.02. The molecule has 0 bridgehead atoms. The summed E-state index contributed by atoms with van der Waals surface area (Å²) in [5.74, 6) is 0.387. The number of methoxy groups -OCH3 is 1. The van der Waals surface area contributed by atoms with Crippen molar-refractivity contribution in [2.45, 2.75) is 19.9 Å². The van der Waals surface area contributed by atoms with Gasteiger partial charge >= 0.3 is 0 Å². The molecule has 0 saturated heterocycles. The molecule has 1 amide bonds. The van der Waals surface area contributed by atoms with Gasteiger partial charge < -0.3 is 10.1 Å². The summed E-state index contributed by atoms with van der Waals surface area (Å²) < 4.78 is 5.89. The molecule has 0 atom stereocenters. The number of hydrogen-bond donors (Lipinski definition) is 1. The van der Waals surface area contributed by atoms with Crippen molar-refractivity contribution >= 4 is 16.7 Å². The Morgan fingerprint density at radius 3 is 1.38 bits per heavy atom. The average Bonchev–Trinajstić information content (AvgIpc) is 3.04. The van der Waals surface area contributed by atoms with Gasteiger partial charge in [-0.05, 0) is 75.9 Å². The van der Waals surface area contributed by atoms with Crippen LogP contribution in [0.5, 0.6) is 5.75 Å². The van der Waals surface area contributed by atoms with Gasteiger partial charge in [0.05, 0.1) is 12.7 Å². The molecular formula is C39H33NO2. The molecule has 0 aliphatic carbocycles. The lowest BCUT2D eigenvalue weighted by Crippen LogP contribution is -2.30. The van der Waals surface area contributed by atoms with Gasteiger partial charge in [-0.15, -0.1) is 0 Å². The molecule has 3 heteroatoms. The normalized spacial score (nSPS) is 11.0. The minimum absolute atomic E-state index is 0.0385. The molecule has 1 N–H and O–H groups in total. The fourth-order valence-corrected chi connectivity index (χ4v) is 5.88. The van der Waals surface area contributed by atoms with Crippen molar-refractivity contribution in [3.8, 4) is 50.3 Å². The molecule has 0 radical (unpaired) electrons. The van der Waals surface area contributed by atoms with E-state index in [9.17, 15) is 4.79 Å². The van der Waals surface area contributed by atoms with Gasteiger partial charge in [-0.2, -0.15) is 0 Å². The van der Waals surface area contributed by atoms with Crippen LogP contribution in [0.1, 0.15) is 24.2 Å². The number of benzene rings is 6. The van der Waals surface area contributed by atoms with Crippen molar-refractivity contribution < 1.29 is 9.53 Å². The molecule has 6 aromatic carbocycles. The Morgan fingerprint density at radius 2 is 0.952 bits per heavy atom. The zero-order valence-corrected chi connectivity index (χ0v) is 24.1. The van der Waals surface area contributed by atoms with Crippen molar-refractivity contribution in [2.75, 3.05) is 7.11 Å². The number of fused-ring (bicyclic) bond motifs is 1. The summed E-state index contributed by atoms with van der Waals surface area (Å²) in [4.78, 5) is 14.1. The number of ether oxygens (including phenoxy) is 1. The number of rotatable bonds is 7. The van der Waals surface area contributed by atoms with Gasteiger partial charge in [-0.25, -0.2) is 0 Å². The second-order valence-corrected chi connectivity index (χ2v) is 10.7. The van der Waals surface area contributed by atoms with Crippen LogP contribution >= 0.6 is 0 Å². The first kappa shape index (κ1) is 27.0. The molecule has 6 rings (SSSR count). The lowest BCUT2D eigenvalue weighted by Gasteiger charge is -2.26. The third-order valence-electron chi connectivity index (χ3n) is 7.55. The fraction of sp³-hybridized carbons (Fsp3) is 0.103. The van der Waals surface area contributed by atoms with E-state index in [2.05, 4.69) is 108 Å². The summed E-state index contributed by atoms with van der Waals surface area (Å²) in [6, 6.07) is 45.9.